The van der Waals surface area contributed by atoms with E-state index in [1.807, 2.05) is 0 Å². The minimum atomic E-state index is -0.311. The molecular weight excluding hydrogens is 184 g/mol. The normalized spacial score (nSPS) is 18.2. The molecule has 1 aromatic rings. The van der Waals surface area contributed by atoms with E-state index in [1.165, 1.54) is 12.3 Å². The maximum absolute atomic E-state index is 11.2. The predicted molar refractivity (Wildman–Crippen MR) is 49.6 cm³/mol. The number of hydrogen-bond acceptors (Lipinski definition) is 5. The first kappa shape index (κ1) is 8.52. The minimum absolute atomic E-state index is 0.229. The molecule has 6 nitrogen and oxygen atoms in total. The largest absolute Gasteiger partial charge is 0.465 e. The van der Waals surface area contributed by atoms with Crippen LogP contribution in [0.25, 0.3) is 6.08 Å². The number of nitrogens with zero attached hydrogens (tertiary/aromatic N) is 1. The average Bonchev–Trinajstić information content (AvgIpc) is 2.78. The Morgan fingerprint density at radius 3 is 3.07 bits per heavy atom. The Hall–Kier alpha value is -2.08. The highest BCUT2D eigenvalue weighted by Crippen LogP contribution is 2.11. The van der Waals surface area contributed by atoms with Crippen molar-refractivity contribution in [2.75, 3.05) is 0 Å². The Bertz CT molecular complexity index is 405. The van der Waals surface area contributed by atoms with Gasteiger partial charge in [0.1, 0.15) is 11.5 Å². The third-order valence-corrected chi connectivity index (χ3v) is 1.66. The van der Waals surface area contributed by atoms with Gasteiger partial charge < -0.3 is 4.42 Å². The second-order valence-corrected chi connectivity index (χ2v) is 2.60. The number of guanidine groups is 1. The van der Waals surface area contributed by atoms with Crippen molar-refractivity contribution >= 4 is 17.9 Å². The second-order valence-electron chi connectivity index (χ2n) is 2.60. The van der Waals surface area contributed by atoms with E-state index in [0.717, 1.165) is 0 Å². The molecule has 2 heterocycles. The van der Waals surface area contributed by atoms with Gasteiger partial charge in [-0.1, -0.05) is 0 Å². The van der Waals surface area contributed by atoms with Crippen molar-refractivity contribution in [3.8, 4) is 0 Å². The van der Waals surface area contributed by atoms with E-state index >= 15 is 0 Å². The molecule has 0 radical (unpaired) electrons. The van der Waals surface area contributed by atoms with Gasteiger partial charge in [0.25, 0.3) is 5.91 Å². The lowest BCUT2D eigenvalue weighted by atomic mass is 10.3. The molecule has 14 heavy (non-hydrogen) atoms. The van der Waals surface area contributed by atoms with Gasteiger partial charge in [-0.25, -0.2) is 10.8 Å². The van der Waals surface area contributed by atoms with Crippen LogP contribution >= 0.6 is 0 Å². The number of rotatable bonds is 1. The van der Waals surface area contributed by atoms with Crippen molar-refractivity contribution in [3.05, 3.63) is 29.9 Å². The van der Waals surface area contributed by atoms with Crippen molar-refractivity contribution in [2.45, 2.75) is 0 Å². The maximum atomic E-state index is 11.2. The molecule has 0 aromatic carbocycles. The highest BCUT2D eigenvalue weighted by Gasteiger charge is 2.19. The van der Waals surface area contributed by atoms with Crippen LogP contribution in [0.5, 0.6) is 0 Å². The first-order valence-corrected chi connectivity index (χ1v) is 3.91. The summed E-state index contributed by atoms with van der Waals surface area (Å²) < 4.78 is 5.04. The van der Waals surface area contributed by atoms with Crippen LogP contribution in [0.15, 0.2) is 33.5 Å². The highest BCUT2D eigenvalue weighted by atomic mass is 16.3. The zero-order valence-corrected chi connectivity index (χ0v) is 7.15. The summed E-state index contributed by atoms with van der Waals surface area (Å²) in [5.74, 6) is 5.57. The molecule has 1 aromatic heterocycles. The summed E-state index contributed by atoms with van der Waals surface area (Å²) >= 11 is 0. The molecule has 0 bridgehead atoms. The van der Waals surface area contributed by atoms with Gasteiger partial charge in [0.15, 0.2) is 0 Å². The Balaban J connectivity index is 2.27. The fourth-order valence-corrected chi connectivity index (χ4v) is 1.05. The summed E-state index contributed by atoms with van der Waals surface area (Å²) in [7, 11) is 0. The molecule has 0 spiro atoms. The number of nitrogens with two attached hydrogens (primary N) is 1. The Morgan fingerprint density at radius 1 is 1.64 bits per heavy atom. The van der Waals surface area contributed by atoms with Crippen LogP contribution in [0.4, 0.5) is 0 Å². The molecule has 0 saturated heterocycles. The fourth-order valence-electron chi connectivity index (χ4n) is 1.05. The van der Waals surface area contributed by atoms with Gasteiger partial charge in [-0.15, -0.1) is 0 Å². The molecule has 0 saturated carbocycles. The SMILES string of the molecule is NNC1=N/C(=C\c2ccco2)C(=O)N1. The van der Waals surface area contributed by atoms with E-state index < -0.39 is 0 Å². The summed E-state index contributed by atoms with van der Waals surface area (Å²) in [4.78, 5) is 15.1. The quantitative estimate of drug-likeness (QED) is 0.320. The maximum Gasteiger partial charge on any atom is 0.276 e. The first-order valence-electron chi connectivity index (χ1n) is 3.91. The van der Waals surface area contributed by atoms with Gasteiger partial charge in [0.2, 0.25) is 5.96 Å². The van der Waals surface area contributed by atoms with E-state index in [9.17, 15) is 4.79 Å². The van der Waals surface area contributed by atoms with Crippen LogP contribution in [0.1, 0.15) is 5.76 Å². The number of amides is 1. The van der Waals surface area contributed by atoms with Crippen LogP contribution in [0.3, 0.4) is 0 Å². The van der Waals surface area contributed by atoms with Crippen LogP contribution in [0.2, 0.25) is 0 Å². The van der Waals surface area contributed by atoms with E-state index in [4.69, 9.17) is 10.3 Å². The fraction of sp³-hybridized carbons (Fsp3) is 0. The van der Waals surface area contributed by atoms with Gasteiger partial charge in [-0.05, 0) is 12.1 Å². The number of furan rings is 1. The Labute approximate surface area is 79.5 Å². The van der Waals surface area contributed by atoms with E-state index in [0.29, 0.717) is 5.76 Å². The molecule has 2 rings (SSSR count). The summed E-state index contributed by atoms with van der Waals surface area (Å²) in [6.45, 7) is 0. The van der Waals surface area contributed by atoms with Crippen molar-refractivity contribution < 1.29 is 9.21 Å². The molecule has 1 aliphatic rings. The van der Waals surface area contributed by atoms with Crippen molar-refractivity contribution in [1.29, 1.82) is 0 Å². The van der Waals surface area contributed by atoms with Crippen molar-refractivity contribution in [3.63, 3.8) is 0 Å². The third kappa shape index (κ3) is 1.50. The van der Waals surface area contributed by atoms with Gasteiger partial charge in [-0.3, -0.25) is 15.5 Å². The van der Waals surface area contributed by atoms with Gasteiger partial charge in [0.05, 0.1) is 6.26 Å². The van der Waals surface area contributed by atoms with E-state index in [2.05, 4.69) is 15.7 Å². The molecule has 0 aliphatic carbocycles. The zero-order chi connectivity index (χ0) is 9.97. The summed E-state index contributed by atoms with van der Waals surface area (Å²) in [6, 6.07) is 3.45. The molecule has 72 valence electrons. The van der Waals surface area contributed by atoms with Crippen LogP contribution in [-0.4, -0.2) is 11.9 Å². The summed E-state index contributed by atoms with van der Waals surface area (Å²) in [6.07, 6.45) is 3.05. The molecule has 1 aliphatic heterocycles. The molecule has 0 unspecified atom stereocenters. The minimum Gasteiger partial charge on any atom is -0.465 e. The molecule has 4 N–H and O–H groups in total. The molecular formula is C8H8N4O2. The lowest BCUT2D eigenvalue weighted by Gasteiger charge is -1.93. The van der Waals surface area contributed by atoms with Crippen molar-refractivity contribution in [2.24, 2.45) is 10.8 Å². The standard InChI is InChI=1S/C8H8N4O2/c9-12-8-10-6(7(13)11-8)4-5-2-1-3-14-5/h1-4H,9H2,(H2,10,11,12,13)/b6-4-. The highest BCUT2D eigenvalue weighted by molar-refractivity contribution is 6.13. The molecule has 0 fully saturated rings. The zero-order valence-electron chi connectivity index (χ0n) is 7.15. The van der Waals surface area contributed by atoms with Gasteiger partial charge >= 0.3 is 0 Å². The van der Waals surface area contributed by atoms with Crippen LogP contribution in [0, 0.1) is 0 Å². The monoisotopic (exact) mass is 192 g/mol. The average molecular weight is 192 g/mol. The number of carbonyl (C=O) groups excluding carboxylic acids is 1. The molecule has 0 atom stereocenters. The van der Waals surface area contributed by atoms with Gasteiger partial charge in [-0.2, -0.15) is 0 Å². The molecule has 6 heteroatoms. The van der Waals surface area contributed by atoms with Crippen molar-refractivity contribution in [1.82, 2.24) is 10.7 Å². The lowest BCUT2D eigenvalue weighted by molar-refractivity contribution is -0.115. The first-order chi connectivity index (χ1) is 6.79. The lowest BCUT2D eigenvalue weighted by Crippen LogP contribution is -2.40. The van der Waals surface area contributed by atoms with Crippen LogP contribution < -0.4 is 16.6 Å². The Kier molecular flexibility index (Phi) is 2.04. The second kappa shape index (κ2) is 3.35. The summed E-state index contributed by atoms with van der Waals surface area (Å²) in [5, 5.41) is 2.43. The number of aliphatic imine (C=N–C) groups is 1. The number of nitrogens with one attached hydrogen (secondary N) is 2. The molecule has 1 amide bonds. The van der Waals surface area contributed by atoms with Crippen LogP contribution in [-0.2, 0) is 4.79 Å². The predicted octanol–water partition coefficient (Wildman–Crippen LogP) is -0.430. The van der Waals surface area contributed by atoms with E-state index in [1.54, 1.807) is 12.1 Å². The van der Waals surface area contributed by atoms with Gasteiger partial charge in [0, 0.05) is 6.08 Å². The topological polar surface area (TPSA) is 92.7 Å². The number of hydrazine groups is 1. The number of hydrogen-bond donors (Lipinski definition) is 3. The summed E-state index contributed by atoms with van der Waals surface area (Å²) in [5.41, 5.74) is 2.51. The number of carbonyl (C=O) groups is 1. The Morgan fingerprint density at radius 2 is 2.50 bits per heavy atom. The third-order valence-electron chi connectivity index (χ3n) is 1.66. The smallest absolute Gasteiger partial charge is 0.276 e. The van der Waals surface area contributed by atoms with E-state index in [-0.39, 0.29) is 17.6 Å².